The second-order valence-electron chi connectivity index (χ2n) is 4.05. The molecule has 136 valence electrons. The minimum atomic E-state index is -0.797. The predicted molar refractivity (Wildman–Crippen MR) is 92.2 cm³/mol. The van der Waals surface area contributed by atoms with E-state index >= 15 is 0 Å². The Morgan fingerprint density at radius 2 is 1.58 bits per heavy atom. The van der Waals surface area contributed by atoms with E-state index in [-0.39, 0.29) is 31.5 Å². The molecule has 0 atom stereocenters. The lowest BCUT2D eigenvalue weighted by molar-refractivity contribution is -0.109. The number of carbonyl (C=O) groups excluding carboxylic acids is 3. The van der Waals surface area contributed by atoms with Gasteiger partial charge in [0.2, 0.25) is 12.4 Å². The average molecular weight is 380 g/mol. The molecule has 24 heavy (non-hydrogen) atoms. The van der Waals surface area contributed by atoms with Gasteiger partial charge in [0.25, 0.3) is 0 Å². The highest BCUT2D eigenvalue weighted by atomic mass is 33.1. The van der Waals surface area contributed by atoms with Crippen molar-refractivity contribution >= 4 is 52.1 Å². The Hall–Kier alpha value is -2.15. The molecule has 0 aromatic heterocycles. The van der Waals surface area contributed by atoms with Crippen LogP contribution >= 0.6 is 21.6 Å². The van der Waals surface area contributed by atoms with Crippen LogP contribution in [-0.4, -0.2) is 74.2 Å². The summed E-state index contributed by atoms with van der Waals surface area (Å²) in [7, 11) is 6.07. The molecule has 0 saturated carbocycles. The third-order valence-corrected chi connectivity index (χ3v) is 4.31. The van der Waals surface area contributed by atoms with Gasteiger partial charge in [-0.15, -0.1) is 0 Å². The first kappa shape index (κ1) is 21.9. The number of nitrogens with one attached hydrogen (secondary N) is 5. The Balaban J connectivity index is 3.55. The van der Waals surface area contributed by atoms with Crippen LogP contribution < -0.4 is 16.0 Å². The summed E-state index contributed by atoms with van der Waals surface area (Å²) in [4.78, 5) is 33.5. The fraction of sp³-hybridized carbons (Fsp3) is 0.545. The minimum Gasteiger partial charge on any atom is -0.448 e. The average Bonchev–Trinajstić information content (AvgIpc) is 2.49. The number of rotatable bonds is 8. The lowest BCUT2D eigenvalue weighted by atomic mass is 10.7. The lowest BCUT2D eigenvalue weighted by Gasteiger charge is -2.15. The Morgan fingerprint density at radius 3 is 2.08 bits per heavy atom. The van der Waals surface area contributed by atoms with Crippen LogP contribution in [0, 0.1) is 10.8 Å². The smallest absolute Gasteiger partial charge is 0.413 e. The first-order valence-electron chi connectivity index (χ1n) is 6.53. The standard InChI is InChI=1S/C11H20N6O5S2/c1-17(2)9(13)15-8(12)16-11(20)22-4-6-24-23-5-3-21-10(19)14-7-18/h7H,3-6H2,1-2H3,(H,14,18,19)(H4,12,13,15,16,20). The Morgan fingerprint density at radius 1 is 1.04 bits per heavy atom. The highest BCUT2D eigenvalue weighted by molar-refractivity contribution is 8.76. The van der Waals surface area contributed by atoms with Crippen molar-refractivity contribution in [2.24, 2.45) is 0 Å². The third-order valence-electron chi connectivity index (χ3n) is 1.98. The van der Waals surface area contributed by atoms with E-state index < -0.39 is 12.2 Å². The van der Waals surface area contributed by atoms with Gasteiger partial charge in [-0.1, -0.05) is 21.6 Å². The van der Waals surface area contributed by atoms with E-state index in [4.69, 9.17) is 15.6 Å². The summed E-state index contributed by atoms with van der Waals surface area (Å²) in [5, 5.41) is 21.2. The van der Waals surface area contributed by atoms with Crippen LogP contribution in [0.4, 0.5) is 9.59 Å². The fourth-order valence-electron chi connectivity index (χ4n) is 0.944. The van der Waals surface area contributed by atoms with Crippen molar-refractivity contribution < 1.29 is 23.9 Å². The first-order chi connectivity index (χ1) is 11.4. The summed E-state index contributed by atoms with van der Waals surface area (Å²) in [6.07, 6.45) is -1.35. The van der Waals surface area contributed by atoms with Crippen molar-refractivity contribution in [1.82, 2.24) is 20.9 Å². The number of imide groups is 1. The summed E-state index contributed by atoms with van der Waals surface area (Å²) in [5.41, 5.74) is 0. The minimum absolute atomic E-state index is 0.0451. The van der Waals surface area contributed by atoms with Gasteiger partial charge < -0.3 is 14.4 Å². The number of amides is 3. The monoisotopic (exact) mass is 380 g/mol. The van der Waals surface area contributed by atoms with Gasteiger partial charge in [-0.2, -0.15) is 0 Å². The molecule has 0 bridgehead atoms. The summed E-state index contributed by atoms with van der Waals surface area (Å²) in [6.45, 7) is 0.285. The van der Waals surface area contributed by atoms with Crippen LogP contribution in [0.3, 0.4) is 0 Å². The maximum atomic E-state index is 11.4. The van der Waals surface area contributed by atoms with E-state index in [1.807, 2.05) is 5.32 Å². The molecule has 0 heterocycles. The lowest BCUT2D eigenvalue weighted by Crippen LogP contribution is -2.47. The molecule has 0 aromatic carbocycles. The van der Waals surface area contributed by atoms with Crippen molar-refractivity contribution in [2.75, 3.05) is 38.8 Å². The number of ether oxygens (including phenoxy) is 2. The van der Waals surface area contributed by atoms with Crippen LogP contribution in [0.25, 0.3) is 0 Å². The molecule has 0 fully saturated rings. The summed E-state index contributed by atoms with van der Waals surface area (Å²) < 4.78 is 9.51. The van der Waals surface area contributed by atoms with Crippen molar-refractivity contribution in [1.29, 1.82) is 10.8 Å². The van der Waals surface area contributed by atoms with Gasteiger partial charge in [0, 0.05) is 25.6 Å². The second-order valence-corrected chi connectivity index (χ2v) is 6.75. The van der Waals surface area contributed by atoms with Gasteiger partial charge in [-0.25, -0.2) is 9.59 Å². The summed E-state index contributed by atoms with van der Waals surface area (Å²) in [5.74, 6) is 0.625. The zero-order valence-electron chi connectivity index (χ0n) is 13.2. The van der Waals surface area contributed by atoms with Gasteiger partial charge in [0.05, 0.1) is 0 Å². The van der Waals surface area contributed by atoms with E-state index in [0.29, 0.717) is 11.5 Å². The predicted octanol–water partition coefficient (Wildman–Crippen LogP) is -0.00266. The van der Waals surface area contributed by atoms with E-state index in [1.165, 1.54) is 26.5 Å². The van der Waals surface area contributed by atoms with Gasteiger partial charge in [0.1, 0.15) is 13.2 Å². The van der Waals surface area contributed by atoms with Crippen molar-refractivity contribution in [3.63, 3.8) is 0 Å². The van der Waals surface area contributed by atoms with Crippen LogP contribution in [0.1, 0.15) is 0 Å². The normalized spacial score (nSPS) is 9.42. The van der Waals surface area contributed by atoms with Crippen molar-refractivity contribution in [2.45, 2.75) is 0 Å². The van der Waals surface area contributed by atoms with Gasteiger partial charge in [-0.05, 0) is 0 Å². The molecule has 13 heteroatoms. The molecule has 11 nitrogen and oxygen atoms in total. The Labute approximate surface area is 147 Å². The largest absolute Gasteiger partial charge is 0.448 e. The molecule has 0 aliphatic heterocycles. The Kier molecular flexibility index (Phi) is 12.1. The van der Waals surface area contributed by atoms with Crippen LogP contribution in [-0.2, 0) is 14.3 Å². The number of alkyl carbamates (subject to hydrolysis) is 2. The topological polar surface area (TPSA) is 157 Å². The van der Waals surface area contributed by atoms with Crippen LogP contribution in [0.2, 0.25) is 0 Å². The molecule has 0 rings (SSSR count). The molecule has 0 aliphatic rings. The number of hydrogen-bond donors (Lipinski definition) is 5. The van der Waals surface area contributed by atoms with Crippen molar-refractivity contribution in [3.05, 3.63) is 0 Å². The van der Waals surface area contributed by atoms with Gasteiger partial charge in [0.15, 0.2) is 5.96 Å². The van der Waals surface area contributed by atoms with Crippen LogP contribution in [0.15, 0.2) is 0 Å². The molecule has 0 spiro atoms. The molecular formula is C11H20N6O5S2. The molecule has 0 radical (unpaired) electrons. The number of carbonyl (C=O) groups is 3. The van der Waals surface area contributed by atoms with Crippen LogP contribution in [0.5, 0.6) is 0 Å². The first-order valence-corrected chi connectivity index (χ1v) is 9.02. The zero-order chi connectivity index (χ0) is 18.4. The highest BCUT2D eigenvalue weighted by Gasteiger charge is 2.08. The van der Waals surface area contributed by atoms with Gasteiger partial charge in [-0.3, -0.25) is 31.6 Å². The molecule has 0 aromatic rings. The third kappa shape index (κ3) is 12.4. The molecule has 0 saturated heterocycles. The number of nitrogens with zero attached hydrogens (tertiary/aromatic N) is 1. The molecule has 0 aliphatic carbocycles. The Bertz CT molecular complexity index is 462. The molecular weight excluding hydrogens is 360 g/mol. The summed E-state index contributed by atoms with van der Waals surface area (Å²) in [6, 6.07) is 0. The van der Waals surface area contributed by atoms with E-state index in [2.05, 4.69) is 15.4 Å². The molecule has 5 N–H and O–H groups in total. The van der Waals surface area contributed by atoms with E-state index in [0.717, 1.165) is 0 Å². The number of guanidine groups is 2. The molecule has 0 unspecified atom stereocenters. The van der Waals surface area contributed by atoms with Crippen molar-refractivity contribution in [3.8, 4) is 0 Å². The maximum Gasteiger partial charge on any atom is 0.413 e. The SMILES string of the molecule is CN(C)C(=N)NC(=N)NC(=O)OCCSSCCOC(=O)NC=O. The second kappa shape index (κ2) is 13.3. The fourth-order valence-corrected chi connectivity index (χ4v) is 2.60. The zero-order valence-corrected chi connectivity index (χ0v) is 14.8. The van der Waals surface area contributed by atoms with E-state index in [9.17, 15) is 14.4 Å². The number of hydrogen-bond acceptors (Lipinski definition) is 9. The quantitative estimate of drug-likeness (QED) is 0.128. The maximum absolute atomic E-state index is 11.4. The molecule has 3 amide bonds. The highest BCUT2D eigenvalue weighted by Crippen LogP contribution is 2.20. The van der Waals surface area contributed by atoms with E-state index in [1.54, 1.807) is 14.1 Å². The summed E-state index contributed by atoms with van der Waals surface area (Å²) >= 11 is 0. The van der Waals surface area contributed by atoms with Gasteiger partial charge >= 0.3 is 12.2 Å².